The highest BCUT2D eigenvalue weighted by molar-refractivity contribution is 4.95. The molecule has 1 aliphatic carbocycles. The first-order valence-electron chi connectivity index (χ1n) is 5.71. The smallest absolute Gasteiger partial charge is 0.148 e. The Morgan fingerprint density at radius 3 is 2.86 bits per heavy atom. The molecule has 0 amide bonds. The van der Waals surface area contributed by atoms with E-state index in [0.29, 0.717) is 13.4 Å². The van der Waals surface area contributed by atoms with E-state index in [0.717, 1.165) is 25.9 Å². The molecule has 1 saturated heterocycles. The van der Waals surface area contributed by atoms with Gasteiger partial charge in [0.2, 0.25) is 0 Å². The van der Waals surface area contributed by atoms with Gasteiger partial charge in [-0.05, 0) is 19.3 Å². The molecule has 1 atom stereocenters. The van der Waals surface area contributed by atoms with Crippen LogP contribution in [0.15, 0.2) is 0 Å². The quantitative estimate of drug-likeness (QED) is 0.650. The van der Waals surface area contributed by atoms with Crippen LogP contribution in [0.2, 0.25) is 0 Å². The lowest BCUT2D eigenvalue weighted by atomic mass is 9.95. The normalized spacial score (nSPS) is 30.2. The molecule has 2 fully saturated rings. The highest BCUT2D eigenvalue weighted by atomic mass is 16.7. The molecule has 14 heavy (non-hydrogen) atoms. The van der Waals surface area contributed by atoms with E-state index in [-0.39, 0.29) is 11.7 Å². The molecule has 0 N–H and O–H groups in total. The largest absolute Gasteiger partial charge is 0.379 e. The van der Waals surface area contributed by atoms with Crippen molar-refractivity contribution in [1.29, 1.82) is 0 Å². The molecule has 1 heterocycles. The van der Waals surface area contributed by atoms with Gasteiger partial charge in [0.05, 0.1) is 12.2 Å². The van der Waals surface area contributed by atoms with Crippen LogP contribution < -0.4 is 0 Å². The summed E-state index contributed by atoms with van der Waals surface area (Å²) in [4.78, 5) is 0. The first kappa shape index (κ1) is 10.4. The summed E-state index contributed by atoms with van der Waals surface area (Å²) in [5.41, 5.74) is 0.00768. The molecule has 3 heteroatoms. The number of hydrogen-bond donors (Lipinski definition) is 0. The lowest BCUT2D eigenvalue weighted by molar-refractivity contribution is -0.0192. The molecule has 0 aromatic rings. The fourth-order valence-electron chi connectivity index (χ4n) is 2.45. The van der Waals surface area contributed by atoms with Gasteiger partial charge >= 0.3 is 0 Å². The van der Waals surface area contributed by atoms with E-state index in [1.54, 1.807) is 0 Å². The molecule has 1 spiro atoms. The van der Waals surface area contributed by atoms with Crippen molar-refractivity contribution in [2.24, 2.45) is 0 Å². The van der Waals surface area contributed by atoms with Gasteiger partial charge in [-0.2, -0.15) is 0 Å². The Bertz CT molecular complexity index is 170. The zero-order valence-electron chi connectivity index (χ0n) is 8.96. The topological polar surface area (TPSA) is 27.7 Å². The maximum Gasteiger partial charge on any atom is 0.148 e. The van der Waals surface area contributed by atoms with E-state index in [9.17, 15) is 0 Å². The number of hydrogen-bond acceptors (Lipinski definition) is 3. The molecular formula is C11H20O3. The van der Waals surface area contributed by atoms with Gasteiger partial charge in [-0.1, -0.05) is 19.8 Å². The average molecular weight is 200 g/mol. The molecule has 1 saturated carbocycles. The Morgan fingerprint density at radius 1 is 1.36 bits per heavy atom. The summed E-state index contributed by atoms with van der Waals surface area (Å²) in [6.07, 6.45) is 6.08. The summed E-state index contributed by atoms with van der Waals surface area (Å²) in [5.74, 6) is 0. The summed E-state index contributed by atoms with van der Waals surface area (Å²) in [6.45, 7) is 4.11. The predicted molar refractivity (Wildman–Crippen MR) is 53.1 cm³/mol. The van der Waals surface area contributed by atoms with Crippen LogP contribution in [0.25, 0.3) is 0 Å². The summed E-state index contributed by atoms with van der Waals surface area (Å²) in [5, 5.41) is 0. The predicted octanol–water partition coefficient (Wildman–Crippen LogP) is 2.10. The minimum absolute atomic E-state index is 0.00768. The first-order valence-corrected chi connectivity index (χ1v) is 5.71. The Hall–Kier alpha value is -0.120. The third-order valence-corrected chi connectivity index (χ3v) is 3.27. The highest BCUT2D eigenvalue weighted by Crippen LogP contribution is 2.40. The van der Waals surface area contributed by atoms with Gasteiger partial charge in [0.15, 0.2) is 0 Å². The first-order chi connectivity index (χ1) is 6.87. The minimum atomic E-state index is 0.00768. The van der Waals surface area contributed by atoms with Crippen molar-refractivity contribution in [3.63, 3.8) is 0 Å². The third-order valence-electron chi connectivity index (χ3n) is 3.27. The van der Waals surface area contributed by atoms with Crippen LogP contribution in [0.4, 0.5) is 0 Å². The van der Waals surface area contributed by atoms with Crippen molar-refractivity contribution in [1.82, 2.24) is 0 Å². The van der Waals surface area contributed by atoms with Gasteiger partial charge in [0.1, 0.15) is 12.9 Å². The second kappa shape index (κ2) is 4.60. The van der Waals surface area contributed by atoms with E-state index in [4.69, 9.17) is 14.2 Å². The summed E-state index contributed by atoms with van der Waals surface area (Å²) >= 11 is 0. The van der Waals surface area contributed by atoms with Crippen LogP contribution in [-0.4, -0.2) is 31.7 Å². The average Bonchev–Trinajstić information content (AvgIpc) is 2.80. The van der Waals surface area contributed by atoms with Crippen LogP contribution in [0, 0.1) is 0 Å². The molecule has 82 valence electrons. The summed E-state index contributed by atoms with van der Waals surface area (Å²) < 4.78 is 16.9. The lowest BCUT2D eigenvalue weighted by Gasteiger charge is -2.27. The van der Waals surface area contributed by atoms with Crippen LogP contribution >= 0.6 is 0 Å². The van der Waals surface area contributed by atoms with Crippen molar-refractivity contribution in [3.05, 3.63) is 0 Å². The highest BCUT2D eigenvalue weighted by Gasteiger charge is 2.47. The Balaban J connectivity index is 1.84. The zero-order chi connectivity index (χ0) is 9.86. The number of ether oxygens (including phenoxy) is 3. The Labute approximate surface area is 85.7 Å². The van der Waals surface area contributed by atoms with Crippen LogP contribution in [0.3, 0.4) is 0 Å². The fourth-order valence-corrected chi connectivity index (χ4v) is 2.45. The van der Waals surface area contributed by atoms with Gasteiger partial charge in [-0.25, -0.2) is 0 Å². The van der Waals surface area contributed by atoms with Crippen molar-refractivity contribution in [2.45, 2.75) is 50.7 Å². The minimum Gasteiger partial charge on any atom is -0.379 e. The zero-order valence-corrected chi connectivity index (χ0v) is 8.96. The van der Waals surface area contributed by atoms with Gasteiger partial charge in [0.25, 0.3) is 0 Å². The Kier molecular flexibility index (Phi) is 3.42. The van der Waals surface area contributed by atoms with E-state index in [1.807, 2.05) is 0 Å². The molecule has 0 aromatic carbocycles. The van der Waals surface area contributed by atoms with Crippen molar-refractivity contribution in [2.75, 3.05) is 20.0 Å². The standard InChI is InChI=1S/C11H20O3/c1-2-7-12-8-10-11(14-9-13-10)5-3-4-6-11/h10H,2-9H2,1H3. The molecule has 0 radical (unpaired) electrons. The molecule has 0 aromatic heterocycles. The summed E-state index contributed by atoms with van der Waals surface area (Å²) in [7, 11) is 0. The molecular weight excluding hydrogens is 180 g/mol. The summed E-state index contributed by atoms with van der Waals surface area (Å²) in [6, 6.07) is 0. The van der Waals surface area contributed by atoms with E-state index in [1.165, 1.54) is 12.8 Å². The molecule has 1 unspecified atom stereocenters. The second-order valence-corrected chi connectivity index (χ2v) is 4.26. The number of rotatable bonds is 4. The van der Waals surface area contributed by atoms with Crippen molar-refractivity contribution in [3.8, 4) is 0 Å². The second-order valence-electron chi connectivity index (χ2n) is 4.26. The van der Waals surface area contributed by atoms with E-state index < -0.39 is 0 Å². The van der Waals surface area contributed by atoms with Gasteiger partial charge in [-0.3, -0.25) is 0 Å². The van der Waals surface area contributed by atoms with Crippen LogP contribution in [0.5, 0.6) is 0 Å². The van der Waals surface area contributed by atoms with Gasteiger partial charge in [-0.15, -0.1) is 0 Å². The molecule has 3 nitrogen and oxygen atoms in total. The lowest BCUT2D eigenvalue weighted by Crippen LogP contribution is -2.40. The third kappa shape index (κ3) is 1.95. The SMILES string of the molecule is CCCOCC1OCOC12CCCC2. The molecule has 0 bridgehead atoms. The van der Waals surface area contributed by atoms with Crippen LogP contribution in [0.1, 0.15) is 39.0 Å². The van der Waals surface area contributed by atoms with Gasteiger partial charge < -0.3 is 14.2 Å². The van der Waals surface area contributed by atoms with E-state index >= 15 is 0 Å². The van der Waals surface area contributed by atoms with Gasteiger partial charge in [0, 0.05) is 6.61 Å². The molecule has 1 aliphatic heterocycles. The van der Waals surface area contributed by atoms with Crippen molar-refractivity contribution >= 4 is 0 Å². The van der Waals surface area contributed by atoms with Crippen molar-refractivity contribution < 1.29 is 14.2 Å². The molecule has 2 rings (SSSR count). The molecule has 2 aliphatic rings. The monoisotopic (exact) mass is 200 g/mol. The van der Waals surface area contributed by atoms with E-state index in [2.05, 4.69) is 6.92 Å². The maximum atomic E-state index is 5.74. The fraction of sp³-hybridized carbons (Fsp3) is 1.00. The maximum absolute atomic E-state index is 5.74. The van der Waals surface area contributed by atoms with Crippen LogP contribution in [-0.2, 0) is 14.2 Å². The Morgan fingerprint density at radius 2 is 2.14 bits per heavy atom.